The molecule has 5 nitrogen and oxygen atoms in total. The monoisotopic (exact) mass is 393 g/mol. The molecule has 1 heterocycles. The Kier molecular flexibility index (Phi) is 6.08. The van der Waals surface area contributed by atoms with Crippen molar-refractivity contribution in [3.05, 3.63) is 59.2 Å². The number of halogens is 3. The van der Waals surface area contributed by atoms with Crippen LogP contribution in [0.15, 0.2) is 42.5 Å². The van der Waals surface area contributed by atoms with E-state index < -0.39 is 17.8 Å². The van der Waals surface area contributed by atoms with Gasteiger partial charge in [-0.15, -0.1) is 0 Å². The van der Waals surface area contributed by atoms with Gasteiger partial charge in [0.1, 0.15) is 0 Å². The molecule has 0 aliphatic carbocycles. The average Bonchev–Trinajstić information content (AvgIpc) is 2.66. The number of anilines is 2. The van der Waals surface area contributed by atoms with E-state index in [1.165, 1.54) is 6.07 Å². The van der Waals surface area contributed by atoms with Crippen molar-refractivity contribution in [3.63, 3.8) is 0 Å². The summed E-state index contributed by atoms with van der Waals surface area (Å²) in [5.41, 5.74) is 1.83. The number of carbonyl (C=O) groups excluding carboxylic acids is 1. The van der Waals surface area contributed by atoms with E-state index in [0.717, 1.165) is 23.3 Å². The van der Waals surface area contributed by atoms with Gasteiger partial charge in [0, 0.05) is 19.6 Å². The lowest BCUT2D eigenvalue weighted by atomic mass is 10.1. The summed E-state index contributed by atoms with van der Waals surface area (Å²) in [6.07, 6.45) is -4.49. The van der Waals surface area contributed by atoms with Crippen LogP contribution in [0.25, 0.3) is 0 Å². The molecular formula is C20H22F3N3O2. The fraction of sp³-hybridized carbons (Fsp3) is 0.350. The number of hydrogen-bond donors (Lipinski definition) is 2. The van der Waals surface area contributed by atoms with Gasteiger partial charge in [-0.25, -0.2) is 4.79 Å². The summed E-state index contributed by atoms with van der Waals surface area (Å²) in [6, 6.07) is 10.5. The zero-order valence-electron chi connectivity index (χ0n) is 15.5. The molecule has 3 rings (SSSR count). The van der Waals surface area contributed by atoms with Crippen LogP contribution in [0.3, 0.4) is 0 Å². The van der Waals surface area contributed by atoms with Crippen LogP contribution in [0.5, 0.6) is 0 Å². The van der Waals surface area contributed by atoms with Gasteiger partial charge in [-0.3, -0.25) is 0 Å². The number of benzene rings is 2. The summed E-state index contributed by atoms with van der Waals surface area (Å²) in [5, 5.41) is 5.26. The predicted octanol–water partition coefficient (Wildman–Crippen LogP) is 4.17. The number of aryl methyl sites for hydroxylation is 1. The van der Waals surface area contributed by atoms with Crippen LogP contribution in [-0.4, -0.2) is 32.3 Å². The lowest BCUT2D eigenvalue weighted by Gasteiger charge is -2.31. The Hall–Kier alpha value is -2.74. The van der Waals surface area contributed by atoms with Crippen molar-refractivity contribution >= 4 is 17.4 Å². The first kappa shape index (κ1) is 20.0. The molecular weight excluding hydrogens is 371 g/mol. The average molecular weight is 393 g/mol. The van der Waals surface area contributed by atoms with Gasteiger partial charge in [0.05, 0.1) is 30.2 Å². The van der Waals surface area contributed by atoms with E-state index in [1.54, 1.807) is 0 Å². The van der Waals surface area contributed by atoms with Gasteiger partial charge in [-0.05, 0) is 30.7 Å². The van der Waals surface area contributed by atoms with Crippen molar-refractivity contribution in [2.24, 2.45) is 0 Å². The first-order valence-electron chi connectivity index (χ1n) is 8.97. The minimum absolute atomic E-state index is 0.124. The summed E-state index contributed by atoms with van der Waals surface area (Å²) in [7, 11) is 0. The largest absolute Gasteiger partial charge is 0.416 e. The third-order valence-corrected chi connectivity index (χ3v) is 4.46. The van der Waals surface area contributed by atoms with Crippen LogP contribution < -0.4 is 15.5 Å². The SMILES string of the molecule is Cc1cccc(CNC(=O)Nc2cc(C(F)(F)F)ccc2N2CCOCC2)c1. The Labute approximate surface area is 161 Å². The van der Waals surface area contributed by atoms with E-state index in [2.05, 4.69) is 10.6 Å². The summed E-state index contributed by atoms with van der Waals surface area (Å²) in [4.78, 5) is 14.2. The number of morpholine rings is 1. The molecule has 0 spiro atoms. The summed E-state index contributed by atoms with van der Waals surface area (Å²) in [6.45, 7) is 4.29. The van der Waals surface area contributed by atoms with Crippen molar-refractivity contribution in [2.75, 3.05) is 36.5 Å². The molecule has 2 aromatic rings. The highest BCUT2D eigenvalue weighted by Gasteiger charge is 2.31. The predicted molar refractivity (Wildman–Crippen MR) is 102 cm³/mol. The maximum atomic E-state index is 13.1. The Morgan fingerprint density at radius 1 is 1.14 bits per heavy atom. The van der Waals surface area contributed by atoms with E-state index in [4.69, 9.17) is 4.74 Å². The van der Waals surface area contributed by atoms with E-state index in [1.807, 2.05) is 36.1 Å². The van der Waals surface area contributed by atoms with Crippen LogP contribution in [0, 0.1) is 6.92 Å². The zero-order valence-corrected chi connectivity index (χ0v) is 15.5. The second-order valence-corrected chi connectivity index (χ2v) is 6.63. The third kappa shape index (κ3) is 5.16. The minimum atomic E-state index is -4.49. The van der Waals surface area contributed by atoms with Crippen LogP contribution in [0.2, 0.25) is 0 Å². The summed E-state index contributed by atoms with van der Waals surface area (Å²) in [5.74, 6) is 0. The van der Waals surface area contributed by atoms with Crippen LogP contribution in [0.4, 0.5) is 29.3 Å². The molecule has 0 aromatic heterocycles. The molecule has 1 fully saturated rings. The molecule has 8 heteroatoms. The highest BCUT2D eigenvalue weighted by Crippen LogP contribution is 2.35. The van der Waals surface area contributed by atoms with Gasteiger partial charge >= 0.3 is 12.2 Å². The Bertz CT molecular complexity index is 834. The second-order valence-electron chi connectivity index (χ2n) is 6.63. The molecule has 1 saturated heterocycles. The maximum Gasteiger partial charge on any atom is 0.416 e. The molecule has 2 N–H and O–H groups in total. The van der Waals surface area contributed by atoms with Gasteiger partial charge in [-0.1, -0.05) is 29.8 Å². The molecule has 2 aromatic carbocycles. The quantitative estimate of drug-likeness (QED) is 0.820. The van der Waals surface area contributed by atoms with Crippen LogP contribution >= 0.6 is 0 Å². The molecule has 150 valence electrons. The fourth-order valence-corrected chi connectivity index (χ4v) is 3.06. The number of hydrogen-bond acceptors (Lipinski definition) is 3. The molecule has 28 heavy (non-hydrogen) atoms. The topological polar surface area (TPSA) is 53.6 Å². The van der Waals surface area contributed by atoms with Crippen molar-refractivity contribution in [1.29, 1.82) is 0 Å². The number of nitrogens with zero attached hydrogens (tertiary/aromatic N) is 1. The van der Waals surface area contributed by atoms with Crippen molar-refractivity contribution in [1.82, 2.24) is 5.32 Å². The number of ether oxygens (including phenoxy) is 1. The highest BCUT2D eigenvalue weighted by molar-refractivity contribution is 5.93. The third-order valence-electron chi connectivity index (χ3n) is 4.46. The normalized spacial score (nSPS) is 14.6. The molecule has 0 unspecified atom stereocenters. The van der Waals surface area contributed by atoms with Crippen LogP contribution in [0.1, 0.15) is 16.7 Å². The van der Waals surface area contributed by atoms with Gasteiger partial charge in [0.2, 0.25) is 0 Å². The van der Waals surface area contributed by atoms with E-state index in [9.17, 15) is 18.0 Å². The van der Waals surface area contributed by atoms with Gasteiger partial charge in [0.25, 0.3) is 0 Å². The maximum absolute atomic E-state index is 13.1. The highest BCUT2D eigenvalue weighted by atomic mass is 19.4. The number of rotatable bonds is 4. The Morgan fingerprint density at radius 2 is 1.89 bits per heavy atom. The molecule has 0 saturated carbocycles. The molecule has 0 bridgehead atoms. The first-order chi connectivity index (χ1) is 13.3. The smallest absolute Gasteiger partial charge is 0.378 e. The molecule has 1 aliphatic heterocycles. The lowest BCUT2D eigenvalue weighted by molar-refractivity contribution is -0.137. The second kappa shape index (κ2) is 8.52. The minimum Gasteiger partial charge on any atom is -0.378 e. The first-order valence-corrected chi connectivity index (χ1v) is 8.97. The standard InChI is InChI=1S/C20H22F3N3O2/c1-14-3-2-4-15(11-14)13-24-19(27)25-17-12-16(20(21,22)23)5-6-18(17)26-7-9-28-10-8-26/h2-6,11-12H,7-10,13H2,1H3,(H2,24,25,27). The Balaban J connectivity index is 1.76. The Morgan fingerprint density at radius 3 is 2.57 bits per heavy atom. The summed E-state index contributed by atoms with van der Waals surface area (Å²) < 4.78 is 44.7. The van der Waals surface area contributed by atoms with E-state index in [0.29, 0.717) is 32.0 Å². The van der Waals surface area contributed by atoms with Gasteiger partial charge < -0.3 is 20.3 Å². The number of amides is 2. The molecule has 1 aliphatic rings. The van der Waals surface area contributed by atoms with Crippen molar-refractivity contribution < 1.29 is 22.7 Å². The number of urea groups is 1. The molecule has 0 atom stereocenters. The number of carbonyl (C=O) groups is 1. The van der Waals surface area contributed by atoms with Gasteiger partial charge in [-0.2, -0.15) is 13.2 Å². The van der Waals surface area contributed by atoms with Gasteiger partial charge in [0.15, 0.2) is 0 Å². The molecule has 0 radical (unpaired) electrons. The number of alkyl halides is 3. The zero-order chi connectivity index (χ0) is 20.1. The summed E-state index contributed by atoms with van der Waals surface area (Å²) >= 11 is 0. The number of nitrogens with one attached hydrogen (secondary N) is 2. The van der Waals surface area contributed by atoms with Crippen molar-refractivity contribution in [2.45, 2.75) is 19.6 Å². The molecule has 2 amide bonds. The lowest BCUT2D eigenvalue weighted by Crippen LogP contribution is -2.37. The fourth-order valence-electron chi connectivity index (χ4n) is 3.06. The van der Waals surface area contributed by atoms with Crippen molar-refractivity contribution in [3.8, 4) is 0 Å². The van der Waals surface area contributed by atoms with E-state index >= 15 is 0 Å². The van der Waals surface area contributed by atoms with E-state index in [-0.39, 0.29) is 12.2 Å². The van der Waals surface area contributed by atoms with Crippen LogP contribution in [-0.2, 0) is 17.5 Å².